The fourth-order valence-corrected chi connectivity index (χ4v) is 3.96. The number of primary amides is 1. The Bertz CT molecular complexity index is 1020. The molecule has 0 aliphatic heterocycles. The van der Waals surface area contributed by atoms with Crippen LogP contribution in [0.1, 0.15) is 36.5 Å². The topological polar surface area (TPSA) is 85.3 Å². The molecule has 2 amide bonds. The average molecular weight is 397 g/mol. The molecular formula is C22H24N2O3S. The van der Waals surface area contributed by atoms with Crippen molar-refractivity contribution in [3.8, 4) is 0 Å². The zero-order valence-electron chi connectivity index (χ0n) is 16.2. The molecule has 0 saturated carbocycles. The molecule has 5 nitrogen and oxygen atoms in total. The van der Waals surface area contributed by atoms with Crippen LogP contribution >= 0.6 is 11.8 Å². The summed E-state index contributed by atoms with van der Waals surface area (Å²) in [4.78, 5) is 24.5. The van der Waals surface area contributed by atoms with Crippen LogP contribution in [0.5, 0.6) is 0 Å². The van der Waals surface area contributed by atoms with Crippen molar-refractivity contribution in [3.05, 3.63) is 59.4 Å². The van der Waals surface area contributed by atoms with Crippen LogP contribution in [-0.4, -0.2) is 17.6 Å². The number of nitrogens with one attached hydrogen (secondary N) is 1. The lowest BCUT2D eigenvalue weighted by atomic mass is 9.95. The van der Waals surface area contributed by atoms with Crippen LogP contribution in [0, 0.1) is 6.92 Å². The predicted molar refractivity (Wildman–Crippen MR) is 114 cm³/mol. The molecule has 6 heteroatoms. The van der Waals surface area contributed by atoms with Crippen LogP contribution in [0.25, 0.3) is 11.0 Å². The van der Waals surface area contributed by atoms with Crippen molar-refractivity contribution in [1.82, 2.24) is 0 Å². The van der Waals surface area contributed by atoms with E-state index in [9.17, 15) is 9.59 Å². The highest BCUT2D eigenvalue weighted by molar-refractivity contribution is 8.00. The molecule has 1 heterocycles. The molecule has 3 rings (SSSR count). The van der Waals surface area contributed by atoms with Crippen LogP contribution in [0.2, 0.25) is 0 Å². The summed E-state index contributed by atoms with van der Waals surface area (Å²) in [6, 6.07) is 11.5. The number of para-hydroxylation sites is 1. The number of amides is 2. The number of hydrogen-bond donors (Lipinski definition) is 2. The minimum Gasteiger partial charge on any atom is -0.464 e. The molecule has 2 aromatic carbocycles. The van der Waals surface area contributed by atoms with E-state index in [0.717, 1.165) is 21.4 Å². The van der Waals surface area contributed by atoms with Crippen molar-refractivity contribution >= 4 is 40.2 Å². The maximum Gasteiger partial charge on any atom is 0.228 e. The van der Waals surface area contributed by atoms with E-state index in [2.05, 4.69) is 32.2 Å². The number of anilines is 1. The van der Waals surface area contributed by atoms with Gasteiger partial charge in [0.15, 0.2) is 0 Å². The Morgan fingerprint density at radius 1 is 1.21 bits per heavy atom. The summed E-state index contributed by atoms with van der Waals surface area (Å²) in [5, 5.41) is 3.91. The standard InChI is InChI=1S/C22H24N2O3S/c1-13(2)16-10-17-15(11-27-19(17)8-14(16)3)9-22(26)24-18-6-4-5-7-20(18)28-12-21(23)25/h4-8,10-11,13H,9,12H2,1-3H3,(H2,23,25)(H,24,26). The summed E-state index contributed by atoms with van der Waals surface area (Å²) in [5.74, 6) is 0.0280. The lowest BCUT2D eigenvalue weighted by Crippen LogP contribution is -2.16. The molecule has 0 atom stereocenters. The van der Waals surface area contributed by atoms with E-state index in [1.165, 1.54) is 22.9 Å². The first-order valence-electron chi connectivity index (χ1n) is 9.15. The Hall–Kier alpha value is -2.73. The van der Waals surface area contributed by atoms with Gasteiger partial charge in [0.1, 0.15) is 5.58 Å². The van der Waals surface area contributed by atoms with Crippen molar-refractivity contribution in [1.29, 1.82) is 0 Å². The molecule has 0 saturated heterocycles. The van der Waals surface area contributed by atoms with E-state index in [4.69, 9.17) is 10.2 Å². The Morgan fingerprint density at radius 3 is 2.68 bits per heavy atom. The van der Waals surface area contributed by atoms with Gasteiger partial charge < -0.3 is 15.5 Å². The van der Waals surface area contributed by atoms with Crippen LogP contribution in [-0.2, 0) is 16.0 Å². The number of rotatable bonds is 7. The molecule has 3 N–H and O–H groups in total. The number of thioether (sulfide) groups is 1. The monoisotopic (exact) mass is 396 g/mol. The maximum atomic E-state index is 12.6. The van der Waals surface area contributed by atoms with E-state index in [1.54, 1.807) is 6.26 Å². The molecule has 1 aromatic heterocycles. The molecule has 0 spiro atoms. The van der Waals surface area contributed by atoms with Gasteiger partial charge >= 0.3 is 0 Å². The quantitative estimate of drug-likeness (QED) is 0.571. The number of carbonyl (C=O) groups is 2. The fraction of sp³-hybridized carbons (Fsp3) is 0.273. The first-order chi connectivity index (χ1) is 13.3. The van der Waals surface area contributed by atoms with E-state index in [-0.39, 0.29) is 18.1 Å². The zero-order valence-corrected chi connectivity index (χ0v) is 17.1. The first-order valence-corrected chi connectivity index (χ1v) is 10.1. The molecule has 0 fully saturated rings. The number of hydrogen-bond acceptors (Lipinski definition) is 4. The second-order valence-electron chi connectivity index (χ2n) is 7.10. The van der Waals surface area contributed by atoms with Gasteiger partial charge in [0.2, 0.25) is 11.8 Å². The SMILES string of the molecule is Cc1cc2occ(CC(=O)Nc3ccccc3SCC(N)=O)c2cc1C(C)C. The lowest BCUT2D eigenvalue weighted by molar-refractivity contribution is -0.116. The van der Waals surface area contributed by atoms with Gasteiger partial charge in [-0.2, -0.15) is 0 Å². The molecule has 0 bridgehead atoms. The number of nitrogens with two attached hydrogens (primary N) is 1. The summed E-state index contributed by atoms with van der Waals surface area (Å²) in [7, 11) is 0. The number of carbonyl (C=O) groups excluding carboxylic acids is 2. The molecule has 0 aliphatic rings. The third-order valence-electron chi connectivity index (χ3n) is 4.55. The predicted octanol–water partition coefficient (Wildman–Crippen LogP) is 4.62. The Labute approximate surface area is 168 Å². The lowest BCUT2D eigenvalue weighted by Gasteiger charge is -2.11. The van der Waals surface area contributed by atoms with Crippen molar-refractivity contribution in [2.75, 3.05) is 11.1 Å². The summed E-state index contributed by atoms with van der Waals surface area (Å²) in [6.07, 6.45) is 1.87. The number of benzene rings is 2. The summed E-state index contributed by atoms with van der Waals surface area (Å²) in [6.45, 7) is 6.38. The molecule has 28 heavy (non-hydrogen) atoms. The van der Waals surface area contributed by atoms with Gasteiger partial charge in [0.25, 0.3) is 0 Å². The molecule has 3 aromatic rings. The van der Waals surface area contributed by atoms with Gasteiger partial charge in [-0.3, -0.25) is 9.59 Å². The van der Waals surface area contributed by atoms with Gasteiger partial charge in [0, 0.05) is 15.8 Å². The third-order valence-corrected chi connectivity index (χ3v) is 5.64. The van der Waals surface area contributed by atoms with Crippen LogP contribution in [0.3, 0.4) is 0 Å². The van der Waals surface area contributed by atoms with Crippen LogP contribution < -0.4 is 11.1 Å². The van der Waals surface area contributed by atoms with E-state index in [0.29, 0.717) is 11.6 Å². The number of aryl methyl sites for hydroxylation is 1. The van der Waals surface area contributed by atoms with Crippen molar-refractivity contribution < 1.29 is 14.0 Å². The Morgan fingerprint density at radius 2 is 1.96 bits per heavy atom. The van der Waals surface area contributed by atoms with Gasteiger partial charge in [0.05, 0.1) is 24.1 Å². The van der Waals surface area contributed by atoms with Gasteiger partial charge in [-0.05, 0) is 48.2 Å². The average Bonchev–Trinajstić information content (AvgIpc) is 3.01. The Balaban J connectivity index is 1.79. The highest BCUT2D eigenvalue weighted by Gasteiger charge is 2.15. The smallest absolute Gasteiger partial charge is 0.228 e. The second kappa shape index (κ2) is 8.52. The first kappa shape index (κ1) is 20.0. The third kappa shape index (κ3) is 4.57. The van der Waals surface area contributed by atoms with E-state index in [1.807, 2.05) is 30.3 Å². The zero-order chi connectivity index (χ0) is 20.3. The van der Waals surface area contributed by atoms with Crippen LogP contribution in [0.4, 0.5) is 5.69 Å². The van der Waals surface area contributed by atoms with Gasteiger partial charge in [-0.15, -0.1) is 11.8 Å². The Kier molecular flexibility index (Phi) is 6.09. The second-order valence-corrected chi connectivity index (χ2v) is 8.11. The number of furan rings is 1. The summed E-state index contributed by atoms with van der Waals surface area (Å²) < 4.78 is 5.67. The van der Waals surface area contributed by atoms with Gasteiger partial charge in [-0.25, -0.2) is 0 Å². The largest absolute Gasteiger partial charge is 0.464 e. The van der Waals surface area contributed by atoms with Crippen molar-refractivity contribution in [3.63, 3.8) is 0 Å². The van der Waals surface area contributed by atoms with E-state index >= 15 is 0 Å². The van der Waals surface area contributed by atoms with Crippen LogP contribution in [0.15, 0.2) is 52.0 Å². The minimum atomic E-state index is -0.396. The molecule has 0 radical (unpaired) electrons. The maximum absolute atomic E-state index is 12.6. The van der Waals surface area contributed by atoms with Crippen molar-refractivity contribution in [2.24, 2.45) is 5.73 Å². The highest BCUT2D eigenvalue weighted by atomic mass is 32.2. The molecular weight excluding hydrogens is 372 g/mol. The minimum absolute atomic E-state index is 0.138. The van der Waals surface area contributed by atoms with Gasteiger partial charge in [-0.1, -0.05) is 26.0 Å². The molecule has 0 aliphatic carbocycles. The summed E-state index contributed by atoms with van der Waals surface area (Å²) >= 11 is 1.31. The molecule has 0 unspecified atom stereocenters. The highest BCUT2D eigenvalue weighted by Crippen LogP contribution is 2.30. The fourth-order valence-electron chi connectivity index (χ4n) is 3.22. The van der Waals surface area contributed by atoms with E-state index < -0.39 is 5.91 Å². The molecule has 146 valence electrons. The normalized spacial score (nSPS) is 11.1. The summed E-state index contributed by atoms with van der Waals surface area (Å²) in [5.41, 5.74) is 9.99. The van der Waals surface area contributed by atoms with Crippen molar-refractivity contribution in [2.45, 2.75) is 38.0 Å². The number of fused-ring (bicyclic) bond motifs is 1.